The molecule has 0 unspecified atom stereocenters. The number of furan rings is 1. The highest BCUT2D eigenvalue weighted by Gasteiger charge is 2.28. The van der Waals surface area contributed by atoms with E-state index < -0.39 is 0 Å². The number of piperazine rings is 1. The average Bonchev–Trinajstić information content (AvgIpc) is 3.41. The molecule has 1 aliphatic heterocycles. The van der Waals surface area contributed by atoms with Gasteiger partial charge in [0.1, 0.15) is 5.00 Å². The van der Waals surface area contributed by atoms with Crippen molar-refractivity contribution in [3.63, 3.8) is 0 Å². The zero-order valence-corrected chi connectivity index (χ0v) is 19.3. The predicted octanol–water partition coefficient (Wildman–Crippen LogP) is 3.94. The van der Waals surface area contributed by atoms with Crippen LogP contribution in [0.4, 0.5) is 5.00 Å². The first-order chi connectivity index (χ1) is 15.1. The molecule has 1 amide bonds. The van der Waals surface area contributed by atoms with Crippen LogP contribution in [0.3, 0.4) is 0 Å². The Morgan fingerprint density at radius 1 is 1.10 bits per heavy atom. The molecule has 9 heteroatoms. The number of amides is 1. The van der Waals surface area contributed by atoms with Crippen molar-refractivity contribution < 1.29 is 18.7 Å². The fourth-order valence-electron chi connectivity index (χ4n) is 4.17. The predicted molar refractivity (Wildman–Crippen MR) is 124 cm³/mol. The molecule has 0 bridgehead atoms. The second-order valence-corrected chi connectivity index (χ2v) is 9.29. The molecule has 1 aliphatic carbocycles. The third-order valence-corrected chi connectivity index (χ3v) is 7.43. The maximum Gasteiger partial charge on any atom is 0.341 e. The Bertz CT molecular complexity index is 946. The maximum atomic E-state index is 12.6. The number of aryl methyl sites for hydroxylation is 1. The summed E-state index contributed by atoms with van der Waals surface area (Å²) in [7, 11) is 1.42. The SMILES string of the molecule is COC(=O)c1c(NC(=S)N2CCN(C(=O)c3ccco3)CC2)sc2c1CCCCCC2. The minimum atomic E-state index is -0.308. The summed E-state index contributed by atoms with van der Waals surface area (Å²) in [4.78, 5) is 30.1. The molecule has 0 aromatic carbocycles. The Balaban J connectivity index is 1.44. The van der Waals surface area contributed by atoms with Gasteiger partial charge in [-0.15, -0.1) is 11.3 Å². The van der Waals surface area contributed by atoms with Gasteiger partial charge in [-0.3, -0.25) is 4.79 Å². The summed E-state index contributed by atoms with van der Waals surface area (Å²) < 4.78 is 10.3. The first-order valence-corrected chi connectivity index (χ1v) is 11.9. The van der Waals surface area contributed by atoms with Crippen LogP contribution in [-0.2, 0) is 17.6 Å². The lowest BCUT2D eigenvalue weighted by atomic mass is 9.96. The summed E-state index contributed by atoms with van der Waals surface area (Å²) >= 11 is 7.29. The van der Waals surface area contributed by atoms with Crippen molar-refractivity contribution in [2.24, 2.45) is 0 Å². The number of hydrogen-bond donors (Lipinski definition) is 1. The number of esters is 1. The van der Waals surface area contributed by atoms with Crippen LogP contribution in [-0.4, -0.2) is 60.1 Å². The van der Waals surface area contributed by atoms with Crippen molar-refractivity contribution in [3.8, 4) is 0 Å². The molecule has 3 heterocycles. The number of carbonyl (C=O) groups excluding carboxylic acids is 2. The third-order valence-electron chi connectivity index (χ3n) is 5.87. The van der Waals surface area contributed by atoms with Gasteiger partial charge in [-0.1, -0.05) is 12.8 Å². The second-order valence-electron chi connectivity index (χ2n) is 7.80. The Labute approximate surface area is 191 Å². The minimum absolute atomic E-state index is 0.102. The molecule has 1 fully saturated rings. The van der Waals surface area contributed by atoms with Crippen molar-refractivity contribution in [2.75, 3.05) is 38.6 Å². The van der Waals surface area contributed by atoms with Gasteiger partial charge in [0.25, 0.3) is 5.91 Å². The Morgan fingerprint density at radius 3 is 2.48 bits per heavy atom. The van der Waals surface area contributed by atoms with Gasteiger partial charge in [-0.2, -0.15) is 0 Å². The van der Waals surface area contributed by atoms with Crippen LogP contribution in [0.2, 0.25) is 0 Å². The molecule has 2 aromatic heterocycles. The number of thiophene rings is 1. The van der Waals surface area contributed by atoms with Crippen molar-refractivity contribution in [3.05, 3.63) is 40.2 Å². The quantitative estimate of drug-likeness (QED) is 0.548. The molecule has 0 atom stereocenters. The summed E-state index contributed by atoms with van der Waals surface area (Å²) in [5, 5.41) is 4.67. The van der Waals surface area contributed by atoms with Crippen LogP contribution in [0, 0.1) is 0 Å². The molecule has 1 N–H and O–H groups in total. The van der Waals surface area contributed by atoms with E-state index >= 15 is 0 Å². The van der Waals surface area contributed by atoms with Gasteiger partial charge >= 0.3 is 5.97 Å². The highest BCUT2D eigenvalue weighted by Crippen LogP contribution is 2.37. The largest absolute Gasteiger partial charge is 0.465 e. The van der Waals surface area contributed by atoms with Crippen LogP contribution >= 0.6 is 23.6 Å². The summed E-state index contributed by atoms with van der Waals surface area (Å²) in [6.45, 7) is 2.37. The smallest absolute Gasteiger partial charge is 0.341 e. The lowest BCUT2D eigenvalue weighted by Crippen LogP contribution is -2.51. The molecular weight excluding hydrogens is 434 g/mol. The summed E-state index contributed by atoms with van der Waals surface area (Å²) in [5.74, 6) is -0.0559. The molecule has 2 aromatic rings. The number of anilines is 1. The summed E-state index contributed by atoms with van der Waals surface area (Å²) in [6, 6.07) is 3.39. The number of carbonyl (C=O) groups is 2. The molecule has 1 saturated heterocycles. The van der Waals surface area contributed by atoms with E-state index in [1.54, 1.807) is 28.4 Å². The number of nitrogens with zero attached hydrogens (tertiary/aromatic N) is 2. The summed E-state index contributed by atoms with van der Waals surface area (Å²) in [6.07, 6.45) is 8.05. The molecule has 2 aliphatic rings. The Hall–Kier alpha value is -2.39. The topological polar surface area (TPSA) is 75.0 Å². The monoisotopic (exact) mass is 461 g/mol. The van der Waals surface area contributed by atoms with Crippen molar-refractivity contribution in [1.29, 1.82) is 0 Å². The highest BCUT2D eigenvalue weighted by atomic mass is 32.1. The number of thiocarbonyl (C=S) groups is 1. The van der Waals surface area contributed by atoms with Gasteiger partial charge in [0.15, 0.2) is 10.9 Å². The molecule has 31 heavy (non-hydrogen) atoms. The zero-order valence-electron chi connectivity index (χ0n) is 17.6. The van der Waals surface area contributed by atoms with Crippen molar-refractivity contribution in [2.45, 2.75) is 38.5 Å². The van der Waals surface area contributed by atoms with E-state index in [-0.39, 0.29) is 11.9 Å². The van der Waals surface area contributed by atoms with Gasteiger partial charge in [0.05, 0.1) is 18.9 Å². The average molecular weight is 462 g/mol. The fraction of sp³-hybridized carbons (Fsp3) is 0.500. The van der Waals surface area contributed by atoms with E-state index in [9.17, 15) is 9.59 Å². The van der Waals surface area contributed by atoms with Gasteiger partial charge < -0.3 is 24.3 Å². The van der Waals surface area contributed by atoms with E-state index in [1.807, 2.05) is 4.90 Å². The third kappa shape index (κ3) is 4.77. The van der Waals surface area contributed by atoms with E-state index in [0.717, 1.165) is 36.2 Å². The Kier molecular flexibility index (Phi) is 6.92. The van der Waals surface area contributed by atoms with Crippen molar-refractivity contribution >= 4 is 45.5 Å². The van der Waals surface area contributed by atoms with Crippen LogP contribution in [0.15, 0.2) is 22.8 Å². The number of methoxy groups -OCH3 is 1. The van der Waals surface area contributed by atoms with Gasteiger partial charge in [0, 0.05) is 31.1 Å². The number of rotatable bonds is 3. The van der Waals surface area contributed by atoms with Crippen molar-refractivity contribution in [1.82, 2.24) is 9.80 Å². The van der Waals surface area contributed by atoms with E-state index in [1.165, 1.54) is 31.1 Å². The first-order valence-electron chi connectivity index (χ1n) is 10.7. The van der Waals surface area contributed by atoms with Crippen LogP contribution < -0.4 is 5.32 Å². The molecule has 7 nitrogen and oxygen atoms in total. The Morgan fingerprint density at radius 2 is 1.81 bits per heavy atom. The number of fused-ring (bicyclic) bond motifs is 1. The standard InChI is InChI=1S/C22H27N3O4S2/c1-28-21(27)18-15-7-4-2-3-5-9-17(15)31-19(18)23-22(30)25-12-10-24(11-13-25)20(26)16-8-6-14-29-16/h6,8,14H,2-5,7,9-13H2,1H3,(H,23,30). The normalized spacial score (nSPS) is 16.8. The highest BCUT2D eigenvalue weighted by molar-refractivity contribution is 7.80. The molecule has 0 radical (unpaired) electrons. The lowest BCUT2D eigenvalue weighted by molar-refractivity contribution is 0.0600. The van der Waals surface area contributed by atoms with E-state index in [2.05, 4.69) is 5.32 Å². The molecule has 4 rings (SSSR count). The molecular formula is C22H27N3O4S2. The van der Waals surface area contributed by atoms with Gasteiger partial charge in [0.2, 0.25) is 0 Å². The first kappa shape index (κ1) is 21.8. The number of ether oxygens (including phenoxy) is 1. The van der Waals surface area contributed by atoms with Gasteiger partial charge in [-0.05, 0) is 55.6 Å². The van der Waals surface area contributed by atoms with Crippen LogP contribution in [0.25, 0.3) is 0 Å². The van der Waals surface area contributed by atoms with E-state index in [4.69, 9.17) is 21.4 Å². The number of hydrogen-bond acceptors (Lipinski definition) is 6. The maximum absolute atomic E-state index is 12.6. The zero-order chi connectivity index (χ0) is 21.8. The van der Waals surface area contributed by atoms with Gasteiger partial charge in [-0.25, -0.2) is 4.79 Å². The summed E-state index contributed by atoms with van der Waals surface area (Å²) in [5.41, 5.74) is 1.76. The molecule has 0 spiro atoms. The second kappa shape index (κ2) is 9.82. The number of nitrogens with one attached hydrogen (secondary N) is 1. The minimum Gasteiger partial charge on any atom is -0.465 e. The molecule has 166 valence electrons. The fourth-order valence-corrected chi connectivity index (χ4v) is 5.80. The van der Waals surface area contributed by atoms with Crippen LogP contribution in [0.1, 0.15) is 57.0 Å². The lowest BCUT2D eigenvalue weighted by Gasteiger charge is -2.35. The van der Waals surface area contributed by atoms with Crippen LogP contribution in [0.5, 0.6) is 0 Å². The molecule has 0 saturated carbocycles. The van der Waals surface area contributed by atoms with E-state index in [0.29, 0.717) is 42.6 Å².